The van der Waals surface area contributed by atoms with Crippen molar-refractivity contribution in [1.29, 1.82) is 0 Å². The standard InChI is InChI=1S/C22H21NO2/c1-25-18-13-11-17(12-14-18)21(16-9-10-16)23-22(24)20-8-4-6-15-5-2-3-7-19(15)20/h2-8,11-14,16,21H,9-10H2,1H3,(H,23,24). The number of carbonyl (C=O) groups is 1. The summed E-state index contributed by atoms with van der Waals surface area (Å²) in [7, 11) is 1.66. The number of hydrogen-bond acceptors (Lipinski definition) is 2. The number of ether oxygens (including phenoxy) is 1. The van der Waals surface area contributed by atoms with Gasteiger partial charge < -0.3 is 10.1 Å². The van der Waals surface area contributed by atoms with E-state index in [1.54, 1.807) is 7.11 Å². The van der Waals surface area contributed by atoms with Crippen LogP contribution in [-0.2, 0) is 0 Å². The van der Waals surface area contributed by atoms with Crippen LogP contribution in [0, 0.1) is 5.92 Å². The van der Waals surface area contributed by atoms with Gasteiger partial charge in [-0.25, -0.2) is 0 Å². The highest BCUT2D eigenvalue weighted by molar-refractivity contribution is 6.07. The molecule has 0 aliphatic heterocycles. The fourth-order valence-electron chi connectivity index (χ4n) is 3.36. The summed E-state index contributed by atoms with van der Waals surface area (Å²) in [5, 5.41) is 5.34. The van der Waals surface area contributed by atoms with Gasteiger partial charge in [-0.3, -0.25) is 4.79 Å². The molecule has 1 unspecified atom stereocenters. The van der Waals surface area contributed by atoms with Crippen LogP contribution in [0.2, 0.25) is 0 Å². The Morgan fingerprint density at radius 3 is 2.44 bits per heavy atom. The van der Waals surface area contributed by atoms with E-state index in [0.29, 0.717) is 5.92 Å². The largest absolute Gasteiger partial charge is 0.497 e. The molecule has 1 aliphatic rings. The number of benzene rings is 3. The van der Waals surface area contributed by atoms with Gasteiger partial charge in [0.2, 0.25) is 0 Å². The average Bonchev–Trinajstić information content (AvgIpc) is 3.50. The molecule has 3 nitrogen and oxygen atoms in total. The first-order valence-corrected chi connectivity index (χ1v) is 8.69. The molecule has 3 aromatic carbocycles. The van der Waals surface area contributed by atoms with Gasteiger partial charge in [-0.05, 0) is 53.3 Å². The lowest BCUT2D eigenvalue weighted by Gasteiger charge is -2.20. The van der Waals surface area contributed by atoms with Crippen LogP contribution in [0.1, 0.15) is 34.8 Å². The Hall–Kier alpha value is -2.81. The van der Waals surface area contributed by atoms with Gasteiger partial charge in [-0.2, -0.15) is 0 Å². The molecule has 1 fully saturated rings. The fourth-order valence-corrected chi connectivity index (χ4v) is 3.36. The number of carbonyl (C=O) groups excluding carboxylic acids is 1. The van der Waals surface area contributed by atoms with Crippen molar-refractivity contribution in [3.63, 3.8) is 0 Å². The van der Waals surface area contributed by atoms with Gasteiger partial charge in [0.05, 0.1) is 13.2 Å². The monoisotopic (exact) mass is 331 g/mol. The predicted octanol–water partition coefficient (Wildman–Crippen LogP) is 4.73. The van der Waals surface area contributed by atoms with Crippen LogP contribution in [0.4, 0.5) is 0 Å². The molecule has 4 rings (SSSR count). The van der Waals surface area contributed by atoms with E-state index in [0.717, 1.165) is 40.5 Å². The maximum absolute atomic E-state index is 13.0. The van der Waals surface area contributed by atoms with Crippen molar-refractivity contribution in [2.24, 2.45) is 5.92 Å². The van der Waals surface area contributed by atoms with E-state index >= 15 is 0 Å². The van der Waals surface area contributed by atoms with Gasteiger partial charge in [-0.15, -0.1) is 0 Å². The Morgan fingerprint density at radius 2 is 1.72 bits per heavy atom. The molecule has 1 atom stereocenters. The first-order valence-electron chi connectivity index (χ1n) is 8.69. The summed E-state index contributed by atoms with van der Waals surface area (Å²) in [6, 6.07) is 21.9. The SMILES string of the molecule is COc1ccc(C(NC(=O)c2cccc3ccccc23)C2CC2)cc1. The number of methoxy groups -OCH3 is 1. The zero-order valence-corrected chi connectivity index (χ0v) is 14.2. The Morgan fingerprint density at radius 1 is 1.00 bits per heavy atom. The highest BCUT2D eigenvalue weighted by atomic mass is 16.5. The highest BCUT2D eigenvalue weighted by Gasteiger charge is 2.33. The Bertz CT molecular complexity index is 892. The first kappa shape index (κ1) is 15.7. The summed E-state index contributed by atoms with van der Waals surface area (Å²) in [6.07, 6.45) is 2.32. The van der Waals surface area contributed by atoms with Gasteiger partial charge in [0.25, 0.3) is 5.91 Å². The molecular formula is C22H21NO2. The summed E-state index contributed by atoms with van der Waals surface area (Å²) < 4.78 is 5.24. The molecule has 3 aromatic rings. The second-order valence-corrected chi connectivity index (χ2v) is 6.59. The van der Waals surface area contributed by atoms with E-state index in [4.69, 9.17) is 4.74 Å². The summed E-state index contributed by atoms with van der Waals surface area (Å²) in [6.45, 7) is 0. The number of nitrogens with one attached hydrogen (secondary N) is 1. The van der Waals surface area contributed by atoms with E-state index in [1.807, 2.05) is 66.7 Å². The van der Waals surface area contributed by atoms with Gasteiger partial charge in [0.1, 0.15) is 5.75 Å². The number of amides is 1. The molecule has 0 bridgehead atoms. The second kappa shape index (κ2) is 6.60. The van der Waals surface area contributed by atoms with Gasteiger partial charge in [-0.1, -0.05) is 48.5 Å². The quantitative estimate of drug-likeness (QED) is 0.734. The molecule has 1 amide bonds. The van der Waals surface area contributed by atoms with Crippen LogP contribution in [0.25, 0.3) is 10.8 Å². The number of hydrogen-bond donors (Lipinski definition) is 1. The van der Waals surface area contributed by atoms with Gasteiger partial charge in [0, 0.05) is 5.56 Å². The molecule has 0 spiro atoms. The van der Waals surface area contributed by atoms with E-state index in [2.05, 4.69) is 5.32 Å². The number of rotatable bonds is 5. The van der Waals surface area contributed by atoms with Crippen molar-refractivity contribution in [1.82, 2.24) is 5.32 Å². The van der Waals surface area contributed by atoms with Crippen LogP contribution in [-0.4, -0.2) is 13.0 Å². The average molecular weight is 331 g/mol. The van der Waals surface area contributed by atoms with Crippen molar-refractivity contribution in [2.75, 3.05) is 7.11 Å². The molecule has 0 aromatic heterocycles. The van der Waals surface area contributed by atoms with Crippen LogP contribution in [0.3, 0.4) is 0 Å². The highest BCUT2D eigenvalue weighted by Crippen LogP contribution is 2.41. The Balaban J connectivity index is 1.62. The van der Waals surface area contributed by atoms with Crippen LogP contribution < -0.4 is 10.1 Å². The zero-order valence-electron chi connectivity index (χ0n) is 14.2. The molecule has 25 heavy (non-hydrogen) atoms. The van der Waals surface area contributed by atoms with Crippen molar-refractivity contribution in [2.45, 2.75) is 18.9 Å². The van der Waals surface area contributed by atoms with E-state index < -0.39 is 0 Å². The summed E-state index contributed by atoms with van der Waals surface area (Å²) in [5.74, 6) is 1.34. The summed E-state index contributed by atoms with van der Waals surface area (Å²) in [5.41, 5.74) is 1.87. The van der Waals surface area contributed by atoms with Gasteiger partial charge in [0.15, 0.2) is 0 Å². The first-order chi connectivity index (χ1) is 12.3. The summed E-state index contributed by atoms with van der Waals surface area (Å²) in [4.78, 5) is 13.0. The van der Waals surface area contributed by atoms with Crippen LogP contribution >= 0.6 is 0 Å². The van der Waals surface area contributed by atoms with E-state index in [1.165, 1.54) is 0 Å². The molecule has 126 valence electrons. The third kappa shape index (κ3) is 3.22. The minimum Gasteiger partial charge on any atom is -0.497 e. The van der Waals surface area contributed by atoms with Gasteiger partial charge >= 0.3 is 0 Å². The maximum atomic E-state index is 13.0. The topological polar surface area (TPSA) is 38.3 Å². The molecule has 0 radical (unpaired) electrons. The Labute approximate surface area is 147 Å². The van der Waals surface area contributed by atoms with Crippen molar-refractivity contribution >= 4 is 16.7 Å². The molecule has 1 N–H and O–H groups in total. The Kier molecular flexibility index (Phi) is 4.14. The third-order valence-electron chi connectivity index (χ3n) is 4.89. The van der Waals surface area contributed by atoms with Crippen molar-refractivity contribution in [3.8, 4) is 5.75 Å². The molecular weight excluding hydrogens is 310 g/mol. The van der Waals surface area contributed by atoms with Crippen molar-refractivity contribution < 1.29 is 9.53 Å². The molecule has 3 heteroatoms. The zero-order chi connectivity index (χ0) is 17.2. The summed E-state index contributed by atoms with van der Waals surface area (Å²) >= 11 is 0. The second-order valence-electron chi connectivity index (χ2n) is 6.59. The fraction of sp³-hybridized carbons (Fsp3) is 0.227. The van der Waals surface area contributed by atoms with Crippen LogP contribution in [0.5, 0.6) is 5.75 Å². The molecule has 0 heterocycles. The lowest BCUT2D eigenvalue weighted by atomic mass is 10.00. The lowest BCUT2D eigenvalue weighted by molar-refractivity contribution is 0.0933. The molecule has 1 aliphatic carbocycles. The maximum Gasteiger partial charge on any atom is 0.252 e. The minimum absolute atomic E-state index is 0.00971. The minimum atomic E-state index is -0.00971. The lowest BCUT2D eigenvalue weighted by Crippen LogP contribution is -2.30. The van der Waals surface area contributed by atoms with Crippen molar-refractivity contribution in [3.05, 3.63) is 77.9 Å². The van der Waals surface area contributed by atoms with E-state index in [9.17, 15) is 4.79 Å². The van der Waals surface area contributed by atoms with E-state index in [-0.39, 0.29) is 11.9 Å². The van der Waals surface area contributed by atoms with Crippen LogP contribution in [0.15, 0.2) is 66.7 Å². The number of fused-ring (bicyclic) bond motifs is 1. The molecule has 1 saturated carbocycles. The predicted molar refractivity (Wildman–Crippen MR) is 99.9 cm³/mol. The smallest absolute Gasteiger partial charge is 0.252 e. The normalized spacial score (nSPS) is 14.9. The molecule has 0 saturated heterocycles. The third-order valence-corrected chi connectivity index (χ3v) is 4.89.